The molecule has 1 aliphatic rings. The molecule has 3 aromatic rings. The van der Waals surface area contributed by atoms with E-state index in [1.807, 2.05) is 51.1 Å². The number of fused-ring (bicyclic) bond motifs is 1. The van der Waals surface area contributed by atoms with Crippen molar-refractivity contribution in [1.29, 1.82) is 0 Å². The molecule has 1 aliphatic heterocycles. The van der Waals surface area contributed by atoms with Crippen molar-refractivity contribution in [1.82, 2.24) is 19.6 Å². The van der Waals surface area contributed by atoms with Crippen LogP contribution in [-0.4, -0.2) is 71.5 Å². The number of H-pyrrole nitrogens is 1. The molecule has 0 fully saturated rings. The van der Waals surface area contributed by atoms with Gasteiger partial charge in [0.15, 0.2) is 11.5 Å². The van der Waals surface area contributed by atoms with Crippen LogP contribution in [0.25, 0.3) is 0 Å². The quantitative estimate of drug-likeness (QED) is 0.241. The highest BCUT2D eigenvalue weighted by molar-refractivity contribution is 7.98. The largest absolute Gasteiger partial charge is 0.454 e. The minimum absolute atomic E-state index is 0.0000639. The molecule has 0 saturated carbocycles. The lowest BCUT2D eigenvalue weighted by molar-refractivity contribution is -0.125. The van der Waals surface area contributed by atoms with E-state index in [9.17, 15) is 18.3 Å². The molecule has 0 bridgehead atoms. The molecular formula is C29H38N4O6S2. The first-order valence-electron chi connectivity index (χ1n) is 13.6. The van der Waals surface area contributed by atoms with Gasteiger partial charge in [-0.15, -0.1) is 0 Å². The molecule has 3 atom stereocenters. The molecule has 2 aromatic carbocycles. The van der Waals surface area contributed by atoms with E-state index in [1.165, 1.54) is 16.4 Å². The predicted molar refractivity (Wildman–Crippen MR) is 158 cm³/mol. The van der Waals surface area contributed by atoms with Crippen LogP contribution in [0.5, 0.6) is 11.5 Å². The van der Waals surface area contributed by atoms with Crippen LogP contribution >= 0.6 is 11.8 Å². The number of carbonyl (C=O) groups is 1. The SMILES string of the molecule is CC(C)CN(C[C@@H](O)C(Cc1ccccc1)NC(=O)[C@H](C)CSCc1cnc[nH]1)S(=O)(=O)c1ccc2c(c1)OCO2. The number of thioether (sulfide) groups is 1. The van der Waals surface area contributed by atoms with Crippen LogP contribution in [0.2, 0.25) is 0 Å². The van der Waals surface area contributed by atoms with Crippen molar-refractivity contribution in [3.05, 3.63) is 72.3 Å². The van der Waals surface area contributed by atoms with Gasteiger partial charge in [-0.3, -0.25) is 4.79 Å². The summed E-state index contributed by atoms with van der Waals surface area (Å²) < 4.78 is 39.5. The normalized spacial score (nSPS) is 15.2. The number of hydrogen-bond donors (Lipinski definition) is 3. The van der Waals surface area contributed by atoms with Gasteiger partial charge in [0.25, 0.3) is 0 Å². The summed E-state index contributed by atoms with van der Waals surface area (Å²) in [5, 5.41) is 14.5. The van der Waals surface area contributed by atoms with Gasteiger partial charge >= 0.3 is 0 Å². The van der Waals surface area contributed by atoms with Crippen LogP contribution in [0.3, 0.4) is 0 Å². The summed E-state index contributed by atoms with van der Waals surface area (Å²) in [6, 6.07) is 13.3. The fourth-order valence-electron chi connectivity index (χ4n) is 4.46. The van der Waals surface area contributed by atoms with Gasteiger partial charge in [0.1, 0.15) is 0 Å². The zero-order valence-corrected chi connectivity index (χ0v) is 25.2. The molecule has 4 rings (SSSR count). The van der Waals surface area contributed by atoms with Crippen molar-refractivity contribution in [3.63, 3.8) is 0 Å². The highest BCUT2D eigenvalue weighted by Gasteiger charge is 2.33. The summed E-state index contributed by atoms with van der Waals surface area (Å²) in [7, 11) is -3.98. The maximum Gasteiger partial charge on any atom is 0.243 e. The number of aliphatic hydroxyl groups is 1. The fourth-order valence-corrected chi connectivity index (χ4v) is 7.10. The minimum Gasteiger partial charge on any atom is -0.454 e. The van der Waals surface area contributed by atoms with Gasteiger partial charge in [-0.2, -0.15) is 16.1 Å². The number of rotatable bonds is 15. The van der Waals surface area contributed by atoms with E-state index in [-0.39, 0.29) is 42.5 Å². The van der Waals surface area contributed by atoms with Gasteiger partial charge in [-0.25, -0.2) is 13.4 Å². The van der Waals surface area contributed by atoms with Crippen molar-refractivity contribution in [2.45, 2.75) is 50.0 Å². The van der Waals surface area contributed by atoms with Gasteiger partial charge in [0.05, 0.1) is 23.4 Å². The van der Waals surface area contributed by atoms with Gasteiger partial charge < -0.3 is 24.9 Å². The number of aromatic nitrogens is 2. The summed E-state index contributed by atoms with van der Waals surface area (Å²) in [4.78, 5) is 20.3. The topological polar surface area (TPSA) is 134 Å². The second-order valence-electron chi connectivity index (χ2n) is 10.6. The molecule has 0 saturated heterocycles. The fraction of sp³-hybridized carbons (Fsp3) is 0.448. The summed E-state index contributed by atoms with van der Waals surface area (Å²) >= 11 is 1.61. The van der Waals surface area contributed by atoms with E-state index < -0.39 is 22.2 Å². The van der Waals surface area contributed by atoms with Gasteiger partial charge in [-0.05, 0) is 30.0 Å². The molecule has 2 heterocycles. The summed E-state index contributed by atoms with van der Waals surface area (Å²) in [6.45, 7) is 5.72. The summed E-state index contributed by atoms with van der Waals surface area (Å²) in [5.41, 5.74) is 1.90. The number of nitrogens with one attached hydrogen (secondary N) is 2. The number of aromatic amines is 1. The van der Waals surface area contributed by atoms with E-state index in [4.69, 9.17) is 9.47 Å². The van der Waals surface area contributed by atoms with Crippen LogP contribution in [0.15, 0.2) is 66.0 Å². The first kappa shape index (κ1) is 30.9. The van der Waals surface area contributed by atoms with E-state index >= 15 is 0 Å². The van der Waals surface area contributed by atoms with Crippen molar-refractivity contribution in [2.24, 2.45) is 11.8 Å². The van der Waals surface area contributed by atoms with Crippen LogP contribution in [0.4, 0.5) is 0 Å². The predicted octanol–water partition coefficient (Wildman–Crippen LogP) is 3.44. The molecule has 3 N–H and O–H groups in total. The Labute approximate surface area is 245 Å². The average Bonchev–Trinajstić information content (AvgIpc) is 3.64. The van der Waals surface area contributed by atoms with Crippen LogP contribution in [0, 0.1) is 11.8 Å². The van der Waals surface area contributed by atoms with E-state index in [0.717, 1.165) is 11.3 Å². The molecule has 10 nitrogen and oxygen atoms in total. The molecule has 12 heteroatoms. The third-order valence-electron chi connectivity index (χ3n) is 6.66. The van der Waals surface area contributed by atoms with Crippen molar-refractivity contribution < 1.29 is 27.8 Å². The maximum atomic E-state index is 13.8. The zero-order chi connectivity index (χ0) is 29.4. The molecule has 41 heavy (non-hydrogen) atoms. The van der Waals surface area contributed by atoms with E-state index in [2.05, 4.69) is 15.3 Å². The van der Waals surface area contributed by atoms with Crippen LogP contribution in [0.1, 0.15) is 32.0 Å². The van der Waals surface area contributed by atoms with Gasteiger partial charge in [-0.1, -0.05) is 51.1 Å². The Morgan fingerprint density at radius 1 is 1.12 bits per heavy atom. The highest BCUT2D eigenvalue weighted by atomic mass is 32.2. The molecule has 0 radical (unpaired) electrons. The number of ether oxygens (including phenoxy) is 2. The first-order chi connectivity index (χ1) is 19.6. The summed E-state index contributed by atoms with van der Waals surface area (Å²) in [6.07, 6.45) is 2.56. The Kier molecular flexibility index (Phi) is 10.7. The van der Waals surface area contributed by atoms with Crippen molar-refractivity contribution in [2.75, 3.05) is 25.6 Å². The van der Waals surface area contributed by atoms with Crippen LogP contribution < -0.4 is 14.8 Å². The smallest absolute Gasteiger partial charge is 0.243 e. The molecule has 222 valence electrons. The lowest BCUT2D eigenvalue weighted by Crippen LogP contribution is -2.52. The number of nitrogens with zero attached hydrogens (tertiary/aromatic N) is 2. The Balaban J connectivity index is 1.49. The lowest BCUT2D eigenvalue weighted by Gasteiger charge is -2.31. The maximum absolute atomic E-state index is 13.8. The Bertz CT molecular complexity index is 1370. The van der Waals surface area contributed by atoms with Crippen molar-refractivity contribution in [3.8, 4) is 11.5 Å². The molecule has 1 unspecified atom stereocenters. The van der Waals surface area contributed by atoms with E-state index in [1.54, 1.807) is 30.4 Å². The standard InChI is InChI=1S/C29H38N4O6S2/c1-20(2)14-33(41(36,37)24-9-10-27-28(12-24)39-19-38-27)15-26(34)25(11-22-7-5-4-6-8-22)32-29(35)21(3)16-40-17-23-13-30-18-31-23/h4-10,12-13,18,20-21,25-26,34H,11,14-17,19H2,1-3H3,(H,30,31)(H,32,35)/t21-,25?,26-/m1/s1. The number of sulfonamides is 1. The van der Waals surface area contributed by atoms with Gasteiger partial charge in [0.2, 0.25) is 22.7 Å². The highest BCUT2D eigenvalue weighted by Crippen LogP contribution is 2.35. The number of imidazole rings is 1. The Hall–Kier alpha value is -3.06. The third-order valence-corrected chi connectivity index (χ3v) is 9.74. The van der Waals surface area contributed by atoms with Crippen molar-refractivity contribution >= 4 is 27.7 Å². The third kappa shape index (κ3) is 8.48. The molecule has 0 aliphatic carbocycles. The second kappa shape index (κ2) is 14.2. The zero-order valence-electron chi connectivity index (χ0n) is 23.5. The summed E-state index contributed by atoms with van der Waals surface area (Å²) in [5.74, 6) is 1.62. The molecular weight excluding hydrogens is 564 g/mol. The number of aliphatic hydroxyl groups excluding tert-OH is 1. The molecule has 1 amide bonds. The second-order valence-corrected chi connectivity index (χ2v) is 13.6. The molecule has 1 aromatic heterocycles. The first-order valence-corrected chi connectivity index (χ1v) is 16.2. The Morgan fingerprint density at radius 2 is 1.88 bits per heavy atom. The molecule has 0 spiro atoms. The van der Waals surface area contributed by atoms with E-state index in [0.29, 0.717) is 29.4 Å². The average molecular weight is 603 g/mol. The number of carbonyl (C=O) groups excluding carboxylic acids is 1. The Morgan fingerprint density at radius 3 is 2.59 bits per heavy atom. The van der Waals surface area contributed by atoms with Gasteiger partial charge in [0, 0.05) is 48.5 Å². The monoisotopic (exact) mass is 602 g/mol. The lowest BCUT2D eigenvalue weighted by atomic mass is 10.00. The number of amides is 1. The minimum atomic E-state index is -3.98. The number of hydrogen-bond acceptors (Lipinski definition) is 8. The van der Waals surface area contributed by atoms with Crippen LogP contribution in [-0.2, 0) is 27.0 Å². The number of benzene rings is 2.